The molecule has 110 valence electrons. The second-order valence-corrected chi connectivity index (χ2v) is 5.62. The third-order valence-corrected chi connectivity index (χ3v) is 4.40. The maximum atomic E-state index is 11.6. The summed E-state index contributed by atoms with van der Waals surface area (Å²) in [5.74, 6) is -0.182. The van der Waals surface area contributed by atoms with E-state index < -0.39 is 11.5 Å². The molecular weight excluding hydrogens is 268 g/mol. The number of carboxylic acids is 1. The van der Waals surface area contributed by atoms with Crippen molar-refractivity contribution in [2.75, 3.05) is 0 Å². The topological polar surface area (TPSA) is 80.9 Å². The van der Waals surface area contributed by atoms with Crippen LogP contribution < -0.4 is 0 Å². The second kappa shape index (κ2) is 5.27. The summed E-state index contributed by atoms with van der Waals surface area (Å²) in [6.07, 6.45) is 3.56. The second-order valence-electron chi connectivity index (χ2n) is 5.62. The van der Waals surface area contributed by atoms with Crippen LogP contribution in [0.3, 0.4) is 0 Å². The fraction of sp³-hybridized carbons (Fsp3) is 0.467. The summed E-state index contributed by atoms with van der Waals surface area (Å²) in [6.45, 7) is 2.07. The van der Waals surface area contributed by atoms with Crippen LogP contribution in [0.5, 0.6) is 0 Å². The van der Waals surface area contributed by atoms with Crippen LogP contribution in [-0.4, -0.2) is 31.3 Å². The Balaban J connectivity index is 1.80. The molecule has 1 heterocycles. The van der Waals surface area contributed by atoms with E-state index in [1.54, 1.807) is 0 Å². The molecule has 1 fully saturated rings. The molecule has 0 aliphatic heterocycles. The predicted molar refractivity (Wildman–Crippen MR) is 75.9 cm³/mol. The molecule has 0 bridgehead atoms. The summed E-state index contributed by atoms with van der Waals surface area (Å²) in [5.41, 5.74) is 1.54. The van der Waals surface area contributed by atoms with Crippen molar-refractivity contribution in [2.24, 2.45) is 0 Å². The molecule has 0 spiro atoms. The Morgan fingerprint density at radius 1 is 1.33 bits per heavy atom. The average Bonchev–Trinajstić information content (AvgIpc) is 2.85. The number of aryl methyl sites for hydroxylation is 3. The van der Waals surface area contributed by atoms with Crippen LogP contribution >= 0.6 is 0 Å². The van der Waals surface area contributed by atoms with Gasteiger partial charge in [0.05, 0.1) is 0 Å². The highest BCUT2D eigenvalue weighted by atomic mass is 16.4. The number of carbonyl (C=O) groups is 1. The van der Waals surface area contributed by atoms with E-state index in [1.165, 1.54) is 15.8 Å². The maximum Gasteiger partial charge on any atom is 0.331 e. The highest BCUT2D eigenvalue weighted by Gasteiger charge is 2.48. The number of hydrogen-bond acceptors (Lipinski definition) is 4. The Bertz CT molecular complexity index is 661. The number of carboxylic acid groups (broad SMARTS) is 1. The summed E-state index contributed by atoms with van der Waals surface area (Å²) < 4.78 is 1.52. The van der Waals surface area contributed by atoms with Gasteiger partial charge in [0.25, 0.3) is 0 Å². The van der Waals surface area contributed by atoms with E-state index in [9.17, 15) is 9.90 Å². The third-order valence-electron chi connectivity index (χ3n) is 4.40. The fourth-order valence-corrected chi connectivity index (χ4v) is 2.86. The van der Waals surface area contributed by atoms with E-state index >= 15 is 0 Å². The molecule has 0 saturated heterocycles. The van der Waals surface area contributed by atoms with Crippen LogP contribution in [0.15, 0.2) is 24.3 Å². The van der Waals surface area contributed by atoms with Crippen molar-refractivity contribution in [3.8, 4) is 0 Å². The molecule has 0 amide bonds. The lowest BCUT2D eigenvalue weighted by atomic mass is 9.77. The molecule has 1 N–H and O–H groups in total. The van der Waals surface area contributed by atoms with Crippen LogP contribution in [0.1, 0.15) is 36.2 Å². The summed E-state index contributed by atoms with van der Waals surface area (Å²) in [5, 5.41) is 21.2. The normalized spacial score (nSPS) is 16.4. The number of benzene rings is 1. The molecule has 6 nitrogen and oxygen atoms in total. The monoisotopic (exact) mass is 286 g/mol. The molecule has 1 aliphatic rings. The predicted octanol–water partition coefficient (Wildman–Crippen LogP) is 1.73. The van der Waals surface area contributed by atoms with Crippen LogP contribution in [0, 0.1) is 6.92 Å². The first-order valence-corrected chi connectivity index (χ1v) is 7.19. The number of rotatable bonds is 5. The van der Waals surface area contributed by atoms with Gasteiger partial charge >= 0.3 is 5.97 Å². The zero-order valence-corrected chi connectivity index (χ0v) is 12.0. The van der Waals surface area contributed by atoms with Gasteiger partial charge in [-0.25, -0.2) is 9.48 Å². The lowest BCUT2D eigenvalue weighted by Crippen LogP contribution is -2.49. The van der Waals surface area contributed by atoms with Crippen molar-refractivity contribution in [2.45, 2.75) is 44.6 Å². The standard InChI is InChI=1S/C15H18N4O2/c1-11-5-2-3-6-12(11)7-8-13-16-17-18-19(13)15(14(20)21)9-4-10-15/h2-3,5-6H,4,7-10H2,1H3,(H,20,21). The van der Waals surface area contributed by atoms with E-state index in [4.69, 9.17) is 0 Å². The number of aromatic nitrogens is 4. The smallest absolute Gasteiger partial charge is 0.331 e. The van der Waals surface area contributed by atoms with Crippen LogP contribution in [0.25, 0.3) is 0 Å². The molecule has 1 aliphatic carbocycles. The molecule has 6 heteroatoms. The average molecular weight is 286 g/mol. The van der Waals surface area contributed by atoms with Gasteiger partial charge in [0, 0.05) is 6.42 Å². The number of aliphatic carboxylic acids is 1. The molecule has 0 atom stereocenters. The van der Waals surface area contributed by atoms with Gasteiger partial charge in [-0.3, -0.25) is 0 Å². The van der Waals surface area contributed by atoms with E-state index in [0.29, 0.717) is 25.1 Å². The molecule has 2 aromatic rings. The molecule has 3 rings (SSSR count). The van der Waals surface area contributed by atoms with Crippen LogP contribution in [-0.2, 0) is 23.2 Å². The molecule has 1 saturated carbocycles. The number of tetrazole rings is 1. The largest absolute Gasteiger partial charge is 0.479 e. The van der Waals surface area contributed by atoms with Gasteiger partial charge in [0.2, 0.25) is 0 Å². The molecule has 0 unspecified atom stereocenters. The zero-order valence-electron chi connectivity index (χ0n) is 12.0. The minimum absolute atomic E-state index is 0.602. The minimum Gasteiger partial charge on any atom is -0.479 e. The Morgan fingerprint density at radius 3 is 2.71 bits per heavy atom. The van der Waals surface area contributed by atoms with E-state index in [0.717, 1.165) is 12.8 Å². The van der Waals surface area contributed by atoms with E-state index in [1.807, 2.05) is 12.1 Å². The lowest BCUT2D eigenvalue weighted by molar-refractivity contribution is -0.153. The first-order chi connectivity index (χ1) is 10.1. The SMILES string of the molecule is Cc1ccccc1CCc1nnnn1C1(C(=O)O)CCC1. The van der Waals surface area contributed by atoms with Crippen molar-refractivity contribution in [3.05, 3.63) is 41.2 Å². The number of hydrogen-bond donors (Lipinski definition) is 1. The van der Waals surface area contributed by atoms with Gasteiger partial charge in [-0.15, -0.1) is 5.10 Å². The Kier molecular flexibility index (Phi) is 3.45. The molecule has 0 radical (unpaired) electrons. The van der Waals surface area contributed by atoms with Gasteiger partial charge in [-0.1, -0.05) is 24.3 Å². The first kappa shape index (κ1) is 13.7. The first-order valence-electron chi connectivity index (χ1n) is 7.19. The molecule has 1 aromatic heterocycles. The van der Waals surface area contributed by atoms with Crippen molar-refractivity contribution in [3.63, 3.8) is 0 Å². The third kappa shape index (κ3) is 2.30. The Labute approximate surface area is 122 Å². The van der Waals surface area contributed by atoms with Crippen molar-refractivity contribution in [1.29, 1.82) is 0 Å². The highest BCUT2D eigenvalue weighted by molar-refractivity contribution is 5.77. The lowest BCUT2D eigenvalue weighted by Gasteiger charge is -2.37. The molecule has 1 aromatic carbocycles. The summed E-state index contributed by atoms with van der Waals surface area (Å²) in [6, 6.07) is 8.18. The summed E-state index contributed by atoms with van der Waals surface area (Å²) in [4.78, 5) is 11.6. The summed E-state index contributed by atoms with van der Waals surface area (Å²) in [7, 11) is 0. The minimum atomic E-state index is -0.926. The molecule has 21 heavy (non-hydrogen) atoms. The Hall–Kier alpha value is -2.24. The van der Waals surface area contributed by atoms with Crippen molar-refractivity contribution in [1.82, 2.24) is 20.2 Å². The zero-order chi connectivity index (χ0) is 14.9. The van der Waals surface area contributed by atoms with Crippen LogP contribution in [0.2, 0.25) is 0 Å². The van der Waals surface area contributed by atoms with Gasteiger partial charge in [0.15, 0.2) is 11.4 Å². The van der Waals surface area contributed by atoms with Gasteiger partial charge in [0.1, 0.15) is 0 Å². The fourth-order valence-electron chi connectivity index (χ4n) is 2.86. The van der Waals surface area contributed by atoms with Gasteiger partial charge < -0.3 is 5.11 Å². The van der Waals surface area contributed by atoms with E-state index in [-0.39, 0.29) is 0 Å². The van der Waals surface area contributed by atoms with E-state index in [2.05, 4.69) is 34.6 Å². The quantitative estimate of drug-likeness (QED) is 0.905. The summed E-state index contributed by atoms with van der Waals surface area (Å²) >= 11 is 0. The highest BCUT2D eigenvalue weighted by Crippen LogP contribution is 2.39. The van der Waals surface area contributed by atoms with Gasteiger partial charge in [-0.05, 0) is 54.2 Å². The molecular formula is C15H18N4O2. The maximum absolute atomic E-state index is 11.6. The van der Waals surface area contributed by atoms with Crippen LogP contribution in [0.4, 0.5) is 0 Å². The van der Waals surface area contributed by atoms with Crippen molar-refractivity contribution < 1.29 is 9.90 Å². The van der Waals surface area contributed by atoms with Gasteiger partial charge in [-0.2, -0.15) is 0 Å². The van der Waals surface area contributed by atoms with Crippen molar-refractivity contribution >= 4 is 5.97 Å². The Morgan fingerprint density at radius 2 is 2.10 bits per heavy atom. The number of nitrogens with zero attached hydrogens (tertiary/aromatic N) is 4.